The van der Waals surface area contributed by atoms with Gasteiger partial charge in [-0.1, -0.05) is 13.8 Å². The second-order valence-corrected chi connectivity index (χ2v) is 8.30. The number of benzene rings is 1. The van der Waals surface area contributed by atoms with Crippen molar-refractivity contribution in [1.29, 1.82) is 5.41 Å². The Hall–Kier alpha value is -2.54. The van der Waals surface area contributed by atoms with Crippen LogP contribution in [0.25, 0.3) is 10.9 Å². The lowest BCUT2D eigenvalue weighted by Crippen LogP contribution is -2.44. The van der Waals surface area contributed by atoms with E-state index >= 15 is 0 Å². The highest BCUT2D eigenvalue weighted by Gasteiger charge is 2.25. The molecule has 1 aromatic heterocycles. The molecule has 3 N–H and O–H groups in total. The molecule has 0 spiro atoms. The Kier molecular flexibility index (Phi) is 6.47. The number of hydrogen-bond acceptors (Lipinski definition) is 5. The molecular formula is C22H30FN5O. The minimum atomic E-state index is -0.357. The predicted octanol–water partition coefficient (Wildman–Crippen LogP) is 3.62. The Morgan fingerprint density at radius 3 is 2.62 bits per heavy atom. The van der Waals surface area contributed by atoms with E-state index in [1.807, 2.05) is 0 Å². The van der Waals surface area contributed by atoms with Gasteiger partial charge in [0.1, 0.15) is 11.6 Å². The van der Waals surface area contributed by atoms with E-state index in [0.29, 0.717) is 39.8 Å². The summed E-state index contributed by atoms with van der Waals surface area (Å²) in [6.45, 7) is 10.1. The van der Waals surface area contributed by atoms with Crippen molar-refractivity contribution in [1.82, 2.24) is 15.6 Å². The van der Waals surface area contributed by atoms with Crippen LogP contribution in [0.15, 0.2) is 18.2 Å². The number of fused-ring (bicyclic) bond motifs is 1. The summed E-state index contributed by atoms with van der Waals surface area (Å²) in [5.74, 6) is 0.576. The third-order valence-corrected chi connectivity index (χ3v) is 5.23. The molecule has 0 bridgehead atoms. The molecule has 0 unspecified atom stereocenters. The SMILES string of the molecule is CC(=N)NC(=O)c1cc2cc(C)c(F)cc2nc1N1CCC(NCC(C)C)CC1. The summed E-state index contributed by atoms with van der Waals surface area (Å²) in [4.78, 5) is 19.5. The van der Waals surface area contributed by atoms with Crippen molar-refractivity contribution in [3.63, 3.8) is 0 Å². The van der Waals surface area contributed by atoms with Crippen molar-refractivity contribution in [2.75, 3.05) is 24.5 Å². The van der Waals surface area contributed by atoms with E-state index in [-0.39, 0.29) is 17.6 Å². The van der Waals surface area contributed by atoms with Gasteiger partial charge in [-0.25, -0.2) is 9.37 Å². The van der Waals surface area contributed by atoms with Gasteiger partial charge in [0.15, 0.2) is 0 Å². The number of anilines is 1. The van der Waals surface area contributed by atoms with Crippen LogP contribution in [0.1, 0.15) is 49.5 Å². The van der Waals surface area contributed by atoms with E-state index in [4.69, 9.17) is 5.41 Å². The lowest BCUT2D eigenvalue weighted by Gasteiger charge is -2.34. The van der Waals surface area contributed by atoms with Gasteiger partial charge in [-0.3, -0.25) is 10.2 Å². The maximum Gasteiger partial charge on any atom is 0.260 e. The number of aryl methyl sites for hydroxylation is 1. The van der Waals surface area contributed by atoms with Crippen LogP contribution in [0.5, 0.6) is 0 Å². The summed E-state index contributed by atoms with van der Waals surface area (Å²) in [6, 6.07) is 5.34. The highest BCUT2D eigenvalue weighted by Crippen LogP contribution is 2.28. The van der Waals surface area contributed by atoms with Gasteiger partial charge in [0.2, 0.25) is 0 Å². The summed E-state index contributed by atoms with van der Waals surface area (Å²) in [5, 5.41) is 14.5. The monoisotopic (exact) mass is 399 g/mol. The highest BCUT2D eigenvalue weighted by molar-refractivity contribution is 6.09. The minimum absolute atomic E-state index is 0.0768. The van der Waals surface area contributed by atoms with Crippen LogP contribution in [0.4, 0.5) is 10.2 Å². The van der Waals surface area contributed by atoms with Crippen molar-refractivity contribution in [2.24, 2.45) is 5.92 Å². The number of carbonyl (C=O) groups is 1. The Morgan fingerprint density at radius 1 is 1.31 bits per heavy atom. The lowest BCUT2D eigenvalue weighted by molar-refractivity contribution is 0.0977. The fourth-order valence-corrected chi connectivity index (χ4v) is 3.64. The molecule has 1 saturated heterocycles. The number of carbonyl (C=O) groups excluding carboxylic acids is 1. The smallest absolute Gasteiger partial charge is 0.260 e. The molecule has 0 aliphatic carbocycles. The van der Waals surface area contributed by atoms with Gasteiger partial charge >= 0.3 is 0 Å². The number of piperidine rings is 1. The van der Waals surface area contributed by atoms with E-state index in [1.165, 1.54) is 13.0 Å². The van der Waals surface area contributed by atoms with Crippen LogP contribution in [-0.4, -0.2) is 42.4 Å². The number of aromatic nitrogens is 1. The van der Waals surface area contributed by atoms with Crippen molar-refractivity contribution in [3.05, 3.63) is 35.1 Å². The van der Waals surface area contributed by atoms with Crippen LogP contribution in [-0.2, 0) is 0 Å². The number of nitrogens with one attached hydrogen (secondary N) is 3. The molecule has 1 aliphatic rings. The standard InChI is InChI=1S/C22H30FN5O/c1-13(2)12-25-17-5-7-28(8-6-17)21-18(22(29)26-15(4)24)10-16-9-14(3)19(23)11-20(16)27-21/h9-11,13,17,25H,5-8,12H2,1-4H3,(H2,24,26,29). The highest BCUT2D eigenvalue weighted by atomic mass is 19.1. The predicted molar refractivity (Wildman–Crippen MR) is 115 cm³/mol. The molecule has 0 radical (unpaired) electrons. The topological polar surface area (TPSA) is 81.1 Å². The molecule has 0 atom stereocenters. The first-order chi connectivity index (χ1) is 13.7. The molecule has 1 fully saturated rings. The van der Waals surface area contributed by atoms with E-state index in [2.05, 4.69) is 34.4 Å². The number of amidine groups is 1. The molecule has 1 aliphatic heterocycles. The quantitative estimate of drug-likeness (QED) is 0.530. The van der Waals surface area contributed by atoms with Crippen molar-refractivity contribution in [3.8, 4) is 0 Å². The second kappa shape index (κ2) is 8.86. The molecule has 7 heteroatoms. The first-order valence-corrected chi connectivity index (χ1v) is 10.2. The average Bonchev–Trinajstić information content (AvgIpc) is 2.66. The maximum atomic E-state index is 14.1. The first kappa shape index (κ1) is 21.2. The van der Waals surface area contributed by atoms with Gasteiger partial charge in [0.25, 0.3) is 5.91 Å². The summed E-state index contributed by atoms with van der Waals surface area (Å²) >= 11 is 0. The fraction of sp³-hybridized carbons (Fsp3) is 0.500. The zero-order valence-corrected chi connectivity index (χ0v) is 17.6. The van der Waals surface area contributed by atoms with Gasteiger partial charge < -0.3 is 15.5 Å². The minimum Gasteiger partial charge on any atom is -0.356 e. The van der Waals surface area contributed by atoms with E-state index in [9.17, 15) is 9.18 Å². The number of nitrogens with zero attached hydrogens (tertiary/aromatic N) is 2. The van der Waals surface area contributed by atoms with Crippen LogP contribution in [0, 0.1) is 24.1 Å². The average molecular weight is 400 g/mol. The molecule has 6 nitrogen and oxygen atoms in total. The third kappa shape index (κ3) is 5.09. The lowest BCUT2D eigenvalue weighted by atomic mass is 10.0. The van der Waals surface area contributed by atoms with Gasteiger partial charge in [-0.15, -0.1) is 0 Å². The Morgan fingerprint density at radius 2 is 2.00 bits per heavy atom. The summed E-state index contributed by atoms with van der Waals surface area (Å²) in [7, 11) is 0. The second-order valence-electron chi connectivity index (χ2n) is 8.30. The van der Waals surface area contributed by atoms with Crippen LogP contribution in [0.2, 0.25) is 0 Å². The van der Waals surface area contributed by atoms with Gasteiger partial charge in [0, 0.05) is 30.6 Å². The summed E-state index contributed by atoms with van der Waals surface area (Å²) in [5.41, 5.74) is 1.47. The number of amides is 1. The third-order valence-electron chi connectivity index (χ3n) is 5.23. The van der Waals surface area contributed by atoms with Gasteiger partial charge in [-0.05, 0) is 56.8 Å². The number of halogens is 1. The van der Waals surface area contributed by atoms with Gasteiger partial charge in [0.05, 0.1) is 16.9 Å². The molecule has 156 valence electrons. The molecule has 2 heterocycles. The Bertz CT molecular complexity index is 919. The summed E-state index contributed by atoms with van der Waals surface area (Å²) < 4.78 is 14.1. The fourth-order valence-electron chi connectivity index (χ4n) is 3.64. The Balaban J connectivity index is 1.91. The number of rotatable bonds is 5. The normalized spacial score (nSPS) is 15.2. The van der Waals surface area contributed by atoms with Crippen molar-refractivity contribution < 1.29 is 9.18 Å². The number of pyridine rings is 1. The largest absolute Gasteiger partial charge is 0.356 e. The van der Waals surface area contributed by atoms with E-state index in [1.54, 1.807) is 19.1 Å². The molecular weight excluding hydrogens is 369 g/mol. The van der Waals surface area contributed by atoms with Crippen LogP contribution in [0.3, 0.4) is 0 Å². The van der Waals surface area contributed by atoms with Crippen LogP contribution >= 0.6 is 0 Å². The zero-order valence-electron chi connectivity index (χ0n) is 17.6. The van der Waals surface area contributed by atoms with Gasteiger partial charge in [-0.2, -0.15) is 0 Å². The molecule has 1 aromatic carbocycles. The zero-order chi connectivity index (χ0) is 21.1. The summed E-state index contributed by atoms with van der Waals surface area (Å²) in [6.07, 6.45) is 1.92. The Labute approximate surface area is 171 Å². The van der Waals surface area contributed by atoms with Crippen molar-refractivity contribution in [2.45, 2.75) is 46.6 Å². The molecule has 0 saturated carbocycles. The number of hydrogen-bond donors (Lipinski definition) is 3. The van der Waals surface area contributed by atoms with Crippen molar-refractivity contribution >= 4 is 28.5 Å². The molecule has 29 heavy (non-hydrogen) atoms. The molecule has 2 aromatic rings. The van der Waals surface area contributed by atoms with E-state index < -0.39 is 0 Å². The van der Waals surface area contributed by atoms with E-state index in [0.717, 1.165) is 32.5 Å². The molecule has 3 rings (SSSR count). The molecule has 1 amide bonds. The van der Waals surface area contributed by atoms with Crippen LogP contribution < -0.4 is 15.5 Å². The maximum absolute atomic E-state index is 14.1. The first-order valence-electron chi connectivity index (χ1n) is 10.2.